The van der Waals surface area contributed by atoms with E-state index in [2.05, 4.69) is 19.2 Å². The van der Waals surface area contributed by atoms with Crippen LogP contribution in [0.25, 0.3) is 0 Å². The fourth-order valence-corrected chi connectivity index (χ4v) is 2.52. The summed E-state index contributed by atoms with van der Waals surface area (Å²) in [6, 6.07) is 13.4. The van der Waals surface area contributed by atoms with E-state index in [1.165, 1.54) is 5.56 Å². The zero-order chi connectivity index (χ0) is 20.2. The lowest BCUT2D eigenvalue weighted by Crippen LogP contribution is -2.13. The number of carbonyl (C=O) groups excluding carboxylic acids is 1. The van der Waals surface area contributed by atoms with Crippen molar-refractivity contribution in [3.8, 4) is 17.2 Å². The molecule has 0 spiro atoms. The minimum absolute atomic E-state index is 0.0452. The number of hydrogen-bond acceptors (Lipinski definition) is 4. The molecular weight excluding hydrogens is 354 g/mol. The first-order valence-electron chi connectivity index (χ1n) is 10.0. The normalized spacial score (nSPS) is 10.4. The first-order valence-corrected chi connectivity index (χ1v) is 10.0. The fourth-order valence-electron chi connectivity index (χ4n) is 2.52. The highest BCUT2D eigenvalue weighted by Gasteiger charge is 2.09. The van der Waals surface area contributed by atoms with Crippen LogP contribution in [0, 0.1) is 6.92 Å². The molecule has 1 N–H and O–H groups in total. The summed E-state index contributed by atoms with van der Waals surface area (Å²) in [5.74, 6) is 2.15. The third-order valence-corrected chi connectivity index (χ3v) is 3.99. The van der Waals surface area contributed by atoms with Gasteiger partial charge in [0.1, 0.15) is 5.75 Å². The number of aryl methyl sites for hydroxylation is 1. The van der Waals surface area contributed by atoms with Crippen molar-refractivity contribution < 1.29 is 19.0 Å². The van der Waals surface area contributed by atoms with Gasteiger partial charge in [0.05, 0.1) is 19.8 Å². The van der Waals surface area contributed by atoms with Crippen LogP contribution in [0.5, 0.6) is 17.2 Å². The maximum absolute atomic E-state index is 12.2. The summed E-state index contributed by atoms with van der Waals surface area (Å²) in [5.41, 5.74) is 1.90. The minimum atomic E-state index is -0.0452. The van der Waals surface area contributed by atoms with Crippen molar-refractivity contribution in [3.05, 3.63) is 48.0 Å². The van der Waals surface area contributed by atoms with Crippen molar-refractivity contribution >= 4 is 11.6 Å². The molecule has 0 saturated heterocycles. The van der Waals surface area contributed by atoms with Gasteiger partial charge in [0, 0.05) is 18.2 Å². The lowest BCUT2D eigenvalue weighted by Gasteiger charge is -2.14. The van der Waals surface area contributed by atoms with Crippen molar-refractivity contribution in [1.82, 2.24) is 0 Å². The smallest absolute Gasteiger partial charge is 0.224 e. The van der Waals surface area contributed by atoms with Gasteiger partial charge in [0.25, 0.3) is 0 Å². The van der Waals surface area contributed by atoms with Gasteiger partial charge in [-0.05, 0) is 50.5 Å². The Morgan fingerprint density at radius 3 is 2.21 bits per heavy atom. The van der Waals surface area contributed by atoms with Crippen LogP contribution in [0.2, 0.25) is 0 Å². The number of anilines is 1. The second-order valence-corrected chi connectivity index (χ2v) is 6.67. The number of hydrogen-bond donors (Lipinski definition) is 1. The molecular formula is C23H31NO4. The van der Waals surface area contributed by atoms with Gasteiger partial charge in [-0.15, -0.1) is 0 Å². The van der Waals surface area contributed by atoms with Crippen molar-refractivity contribution in [3.63, 3.8) is 0 Å². The molecule has 2 aromatic carbocycles. The van der Waals surface area contributed by atoms with Crippen molar-refractivity contribution in [1.29, 1.82) is 0 Å². The molecule has 2 rings (SSSR count). The van der Waals surface area contributed by atoms with Crippen LogP contribution in [-0.4, -0.2) is 25.7 Å². The zero-order valence-electron chi connectivity index (χ0n) is 17.1. The molecule has 0 radical (unpaired) electrons. The molecule has 0 heterocycles. The summed E-state index contributed by atoms with van der Waals surface area (Å²) in [6.45, 7) is 7.90. The monoisotopic (exact) mass is 385 g/mol. The molecule has 5 heteroatoms. The van der Waals surface area contributed by atoms with Gasteiger partial charge < -0.3 is 19.5 Å². The highest BCUT2D eigenvalue weighted by atomic mass is 16.5. The number of ether oxygens (including phenoxy) is 3. The number of nitrogens with one attached hydrogen (secondary N) is 1. The van der Waals surface area contributed by atoms with Gasteiger partial charge in [-0.25, -0.2) is 0 Å². The molecule has 0 aliphatic carbocycles. The largest absolute Gasteiger partial charge is 0.494 e. The molecule has 0 bridgehead atoms. The highest BCUT2D eigenvalue weighted by Crippen LogP contribution is 2.31. The summed E-state index contributed by atoms with van der Waals surface area (Å²) in [7, 11) is 0. The Kier molecular flexibility index (Phi) is 9.19. The first-order chi connectivity index (χ1) is 13.6. The second-order valence-electron chi connectivity index (χ2n) is 6.67. The van der Waals surface area contributed by atoms with Crippen LogP contribution < -0.4 is 19.5 Å². The predicted molar refractivity (Wildman–Crippen MR) is 113 cm³/mol. The first kappa shape index (κ1) is 21.6. The Hall–Kier alpha value is -2.69. The summed E-state index contributed by atoms with van der Waals surface area (Å²) in [6.07, 6.45) is 2.88. The Morgan fingerprint density at radius 2 is 1.54 bits per heavy atom. The van der Waals surface area contributed by atoms with E-state index >= 15 is 0 Å². The second kappa shape index (κ2) is 11.9. The maximum Gasteiger partial charge on any atom is 0.224 e. The van der Waals surface area contributed by atoms with Crippen LogP contribution in [-0.2, 0) is 4.79 Å². The van der Waals surface area contributed by atoms with E-state index in [0.29, 0.717) is 49.8 Å². The Labute approximate surface area is 168 Å². The minimum Gasteiger partial charge on any atom is -0.494 e. The van der Waals surface area contributed by atoms with Gasteiger partial charge >= 0.3 is 0 Å². The van der Waals surface area contributed by atoms with Gasteiger partial charge in [-0.1, -0.05) is 31.5 Å². The SMILES string of the molecule is CCCOc1ccc(NC(=O)CCCOc2ccc(C)cc2)cc1OCCC. The molecule has 1 amide bonds. The van der Waals surface area contributed by atoms with E-state index in [1.54, 1.807) is 0 Å². The number of carbonyl (C=O) groups is 1. The lowest BCUT2D eigenvalue weighted by atomic mass is 10.2. The number of benzene rings is 2. The van der Waals surface area contributed by atoms with E-state index in [1.807, 2.05) is 49.4 Å². The average Bonchev–Trinajstić information content (AvgIpc) is 2.70. The van der Waals surface area contributed by atoms with Gasteiger partial charge in [-0.2, -0.15) is 0 Å². The van der Waals surface area contributed by atoms with E-state index in [0.717, 1.165) is 18.6 Å². The van der Waals surface area contributed by atoms with Crippen molar-refractivity contribution in [2.75, 3.05) is 25.1 Å². The van der Waals surface area contributed by atoms with Gasteiger partial charge in [0.15, 0.2) is 11.5 Å². The highest BCUT2D eigenvalue weighted by molar-refractivity contribution is 5.91. The van der Waals surface area contributed by atoms with Crippen LogP contribution in [0.1, 0.15) is 45.1 Å². The van der Waals surface area contributed by atoms with Crippen LogP contribution in [0.4, 0.5) is 5.69 Å². The van der Waals surface area contributed by atoms with Crippen LogP contribution in [0.15, 0.2) is 42.5 Å². The maximum atomic E-state index is 12.2. The van der Waals surface area contributed by atoms with E-state index in [-0.39, 0.29) is 5.91 Å². The summed E-state index contributed by atoms with van der Waals surface area (Å²) >= 11 is 0. The summed E-state index contributed by atoms with van der Waals surface area (Å²) in [4.78, 5) is 12.2. The molecule has 0 fully saturated rings. The summed E-state index contributed by atoms with van der Waals surface area (Å²) in [5, 5.41) is 2.92. The zero-order valence-corrected chi connectivity index (χ0v) is 17.1. The topological polar surface area (TPSA) is 56.8 Å². The molecule has 0 unspecified atom stereocenters. The lowest BCUT2D eigenvalue weighted by molar-refractivity contribution is -0.116. The van der Waals surface area contributed by atoms with Crippen LogP contribution in [0.3, 0.4) is 0 Å². The molecule has 0 atom stereocenters. The quantitative estimate of drug-likeness (QED) is 0.499. The van der Waals surface area contributed by atoms with Gasteiger partial charge in [0.2, 0.25) is 5.91 Å². The number of rotatable bonds is 12. The van der Waals surface area contributed by atoms with Crippen molar-refractivity contribution in [2.45, 2.75) is 46.5 Å². The molecule has 0 saturated carbocycles. The standard InChI is InChI=1S/C23H31NO4/c1-4-14-27-21-13-10-19(17-22(21)28-15-5-2)24-23(25)7-6-16-26-20-11-8-18(3)9-12-20/h8-13,17H,4-7,14-16H2,1-3H3,(H,24,25). The molecule has 152 valence electrons. The third-order valence-electron chi connectivity index (χ3n) is 3.99. The summed E-state index contributed by atoms with van der Waals surface area (Å²) < 4.78 is 17.1. The third kappa shape index (κ3) is 7.51. The molecule has 28 heavy (non-hydrogen) atoms. The molecule has 2 aromatic rings. The number of amides is 1. The average molecular weight is 386 g/mol. The Morgan fingerprint density at radius 1 is 0.857 bits per heavy atom. The Bertz CT molecular complexity index is 728. The molecule has 5 nitrogen and oxygen atoms in total. The fraction of sp³-hybridized carbons (Fsp3) is 0.435. The predicted octanol–water partition coefficient (Wildman–Crippen LogP) is 5.37. The van der Waals surface area contributed by atoms with Gasteiger partial charge in [-0.3, -0.25) is 4.79 Å². The van der Waals surface area contributed by atoms with E-state index in [9.17, 15) is 4.79 Å². The van der Waals surface area contributed by atoms with E-state index < -0.39 is 0 Å². The molecule has 0 aliphatic heterocycles. The molecule has 0 aromatic heterocycles. The molecule has 0 aliphatic rings. The van der Waals surface area contributed by atoms with Crippen LogP contribution >= 0.6 is 0 Å². The van der Waals surface area contributed by atoms with Crippen molar-refractivity contribution in [2.24, 2.45) is 0 Å². The van der Waals surface area contributed by atoms with E-state index in [4.69, 9.17) is 14.2 Å². The Balaban J connectivity index is 1.81.